The third-order valence-corrected chi connectivity index (χ3v) is 3.36. The van der Waals surface area contributed by atoms with Gasteiger partial charge < -0.3 is 24.8 Å². The molecule has 0 fully saturated rings. The standard InChI is InChI=1S/C16H36N2O3/c1-4-6-8-19-10-12-21-13-11-20-9-7-18(5-2)15-16(3)14-17/h16H,4-15,17H2,1-3H3. The highest BCUT2D eigenvalue weighted by Crippen LogP contribution is 1.97. The van der Waals surface area contributed by atoms with Gasteiger partial charge in [0.15, 0.2) is 0 Å². The maximum atomic E-state index is 5.65. The van der Waals surface area contributed by atoms with E-state index in [2.05, 4.69) is 25.7 Å². The summed E-state index contributed by atoms with van der Waals surface area (Å²) in [6, 6.07) is 0. The van der Waals surface area contributed by atoms with Crippen LogP contribution < -0.4 is 5.73 Å². The van der Waals surface area contributed by atoms with Crippen LogP contribution in [-0.4, -0.2) is 70.7 Å². The lowest BCUT2D eigenvalue weighted by Crippen LogP contribution is -2.34. The molecule has 1 unspecified atom stereocenters. The summed E-state index contributed by atoms with van der Waals surface area (Å²) in [5.41, 5.74) is 5.65. The largest absolute Gasteiger partial charge is 0.379 e. The smallest absolute Gasteiger partial charge is 0.0701 e. The Kier molecular flexibility index (Phi) is 16.0. The summed E-state index contributed by atoms with van der Waals surface area (Å²) in [7, 11) is 0. The van der Waals surface area contributed by atoms with Gasteiger partial charge >= 0.3 is 0 Å². The van der Waals surface area contributed by atoms with Crippen LogP contribution in [0.25, 0.3) is 0 Å². The Balaban J connectivity index is 3.26. The Bertz CT molecular complexity index is 206. The van der Waals surface area contributed by atoms with Crippen LogP contribution in [0.1, 0.15) is 33.6 Å². The molecule has 21 heavy (non-hydrogen) atoms. The van der Waals surface area contributed by atoms with Crippen LogP contribution in [0.4, 0.5) is 0 Å². The zero-order chi connectivity index (χ0) is 15.8. The van der Waals surface area contributed by atoms with Gasteiger partial charge in [0.1, 0.15) is 0 Å². The van der Waals surface area contributed by atoms with Gasteiger partial charge in [0.05, 0.1) is 33.0 Å². The number of unbranched alkanes of at least 4 members (excludes halogenated alkanes) is 1. The van der Waals surface area contributed by atoms with E-state index < -0.39 is 0 Å². The molecule has 5 nitrogen and oxygen atoms in total. The summed E-state index contributed by atoms with van der Waals surface area (Å²) in [5.74, 6) is 0.543. The van der Waals surface area contributed by atoms with Crippen molar-refractivity contribution in [3.63, 3.8) is 0 Å². The predicted molar refractivity (Wildman–Crippen MR) is 87.7 cm³/mol. The van der Waals surface area contributed by atoms with Gasteiger partial charge in [-0.2, -0.15) is 0 Å². The second kappa shape index (κ2) is 16.2. The summed E-state index contributed by atoms with van der Waals surface area (Å²) in [4.78, 5) is 2.37. The summed E-state index contributed by atoms with van der Waals surface area (Å²) in [6.45, 7) is 14.5. The molecule has 0 radical (unpaired) electrons. The third-order valence-electron chi connectivity index (χ3n) is 3.36. The molecule has 0 amide bonds. The van der Waals surface area contributed by atoms with Crippen LogP contribution in [0, 0.1) is 5.92 Å². The fourth-order valence-electron chi connectivity index (χ4n) is 1.88. The molecule has 0 rings (SSSR count). The molecule has 1 atom stereocenters. The quantitative estimate of drug-likeness (QED) is 0.440. The van der Waals surface area contributed by atoms with Crippen molar-refractivity contribution in [3.8, 4) is 0 Å². The van der Waals surface area contributed by atoms with E-state index in [4.69, 9.17) is 19.9 Å². The SMILES string of the molecule is CCCCOCCOCCOCCN(CC)CC(C)CN. The molecular weight excluding hydrogens is 268 g/mol. The van der Waals surface area contributed by atoms with E-state index in [0.717, 1.165) is 45.8 Å². The zero-order valence-electron chi connectivity index (χ0n) is 14.3. The first-order chi connectivity index (χ1) is 10.2. The number of hydrogen-bond donors (Lipinski definition) is 1. The Hall–Kier alpha value is -0.200. The fourth-order valence-corrected chi connectivity index (χ4v) is 1.88. The van der Waals surface area contributed by atoms with E-state index in [1.807, 2.05) is 0 Å². The first kappa shape index (κ1) is 20.8. The van der Waals surface area contributed by atoms with Crippen LogP contribution in [0.5, 0.6) is 0 Å². The Morgan fingerprint density at radius 3 is 2.00 bits per heavy atom. The number of hydrogen-bond acceptors (Lipinski definition) is 5. The number of likely N-dealkylation sites (N-methyl/N-ethyl adjacent to an activating group) is 1. The lowest BCUT2D eigenvalue weighted by molar-refractivity contribution is 0.00989. The molecule has 2 N–H and O–H groups in total. The van der Waals surface area contributed by atoms with Crippen molar-refractivity contribution < 1.29 is 14.2 Å². The highest BCUT2D eigenvalue weighted by molar-refractivity contribution is 4.61. The van der Waals surface area contributed by atoms with Gasteiger partial charge in [0.2, 0.25) is 0 Å². The minimum absolute atomic E-state index is 0.543. The second-order valence-electron chi connectivity index (χ2n) is 5.42. The Labute approximate surface area is 131 Å². The topological polar surface area (TPSA) is 57.0 Å². The van der Waals surface area contributed by atoms with E-state index in [0.29, 0.717) is 32.3 Å². The molecule has 0 aromatic rings. The van der Waals surface area contributed by atoms with E-state index in [9.17, 15) is 0 Å². The van der Waals surface area contributed by atoms with Gasteiger partial charge in [-0.05, 0) is 25.4 Å². The number of rotatable bonds is 16. The van der Waals surface area contributed by atoms with E-state index in [1.54, 1.807) is 0 Å². The molecule has 0 saturated carbocycles. The maximum absolute atomic E-state index is 5.65. The van der Waals surface area contributed by atoms with Gasteiger partial charge in [-0.3, -0.25) is 0 Å². The van der Waals surface area contributed by atoms with Crippen LogP contribution in [0.15, 0.2) is 0 Å². The summed E-state index contributed by atoms with van der Waals surface area (Å²) in [6.07, 6.45) is 2.30. The molecule has 0 aliphatic heterocycles. The molecule has 0 bridgehead atoms. The van der Waals surface area contributed by atoms with Crippen molar-refractivity contribution >= 4 is 0 Å². The van der Waals surface area contributed by atoms with Gasteiger partial charge in [0, 0.05) is 19.7 Å². The Morgan fingerprint density at radius 2 is 1.48 bits per heavy atom. The lowest BCUT2D eigenvalue weighted by atomic mass is 10.2. The van der Waals surface area contributed by atoms with Crippen molar-refractivity contribution in [2.24, 2.45) is 11.7 Å². The first-order valence-electron chi connectivity index (χ1n) is 8.40. The number of nitrogens with zero attached hydrogens (tertiary/aromatic N) is 1. The fraction of sp³-hybridized carbons (Fsp3) is 1.00. The van der Waals surface area contributed by atoms with E-state index in [-0.39, 0.29) is 0 Å². The minimum atomic E-state index is 0.543. The highest BCUT2D eigenvalue weighted by Gasteiger charge is 2.06. The zero-order valence-corrected chi connectivity index (χ0v) is 14.3. The molecular formula is C16H36N2O3. The van der Waals surface area contributed by atoms with E-state index >= 15 is 0 Å². The van der Waals surface area contributed by atoms with Gasteiger partial charge in [-0.15, -0.1) is 0 Å². The van der Waals surface area contributed by atoms with Gasteiger partial charge in [0.25, 0.3) is 0 Å². The number of nitrogens with two attached hydrogens (primary N) is 1. The Morgan fingerprint density at radius 1 is 0.905 bits per heavy atom. The van der Waals surface area contributed by atoms with Crippen molar-refractivity contribution in [2.45, 2.75) is 33.6 Å². The molecule has 0 aromatic carbocycles. The lowest BCUT2D eigenvalue weighted by Gasteiger charge is -2.23. The van der Waals surface area contributed by atoms with Crippen LogP contribution in [0.2, 0.25) is 0 Å². The van der Waals surface area contributed by atoms with Crippen molar-refractivity contribution in [1.29, 1.82) is 0 Å². The van der Waals surface area contributed by atoms with Gasteiger partial charge in [-0.1, -0.05) is 27.2 Å². The van der Waals surface area contributed by atoms with Crippen LogP contribution in [-0.2, 0) is 14.2 Å². The average molecular weight is 304 g/mol. The molecule has 0 heterocycles. The average Bonchev–Trinajstić information content (AvgIpc) is 2.51. The van der Waals surface area contributed by atoms with Gasteiger partial charge in [-0.25, -0.2) is 0 Å². The maximum Gasteiger partial charge on any atom is 0.0701 e. The summed E-state index contributed by atoms with van der Waals surface area (Å²) >= 11 is 0. The van der Waals surface area contributed by atoms with Crippen molar-refractivity contribution in [1.82, 2.24) is 4.90 Å². The molecule has 128 valence electrons. The summed E-state index contributed by atoms with van der Waals surface area (Å²) < 4.78 is 16.4. The van der Waals surface area contributed by atoms with Crippen LogP contribution in [0.3, 0.4) is 0 Å². The van der Waals surface area contributed by atoms with E-state index in [1.165, 1.54) is 6.42 Å². The van der Waals surface area contributed by atoms with Crippen molar-refractivity contribution in [2.75, 3.05) is 65.8 Å². The predicted octanol–water partition coefficient (Wildman–Crippen LogP) is 1.75. The first-order valence-corrected chi connectivity index (χ1v) is 8.40. The molecule has 0 saturated heterocycles. The summed E-state index contributed by atoms with van der Waals surface area (Å²) in [5, 5.41) is 0. The minimum Gasteiger partial charge on any atom is -0.379 e. The highest BCUT2D eigenvalue weighted by atomic mass is 16.5. The molecule has 0 aliphatic carbocycles. The normalized spacial score (nSPS) is 13.0. The monoisotopic (exact) mass is 304 g/mol. The van der Waals surface area contributed by atoms with Crippen LogP contribution >= 0.6 is 0 Å². The number of ether oxygens (including phenoxy) is 3. The van der Waals surface area contributed by atoms with Crippen molar-refractivity contribution in [3.05, 3.63) is 0 Å². The molecule has 5 heteroatoms. The molecule has 0 spiro atoms. The third kappa shape index (κ3) is 14.5. The molecule has 0 aliphatic rings. The molecule has 0 aromatic heterocycles. The second-order valence-corrected chi connectivity index (χ2v) is 5.42.